The number of hydrogen-bond acceptors (Lipinski definition) is 2. The molecule has 29 heavy (non-hydrogen) atoms. The van der Waals surface area contributed by atoms with Gasteiger partial charge in [-0.3, -0.25) is 9.11 Å². The first-order valence-electron chi connectivity index (χ1n) is 11.7. The Balaban J connectivity index is 0.00000139. The fourth-order valence-corrected chi connectivity index (χ4v) is 3.52. The average Bonchev–Trinajstić information content (AvgIpc) is 2.67. The molecule has 4 nitrogen and oxygen atoms in total. The summed E-state index contributed by atoms with van der Waals surface area (Å²) >= 11 is 0. The highest BCUT2D eigenvalue weighted by atomic mass is 32.3. The molecule has 0 amide bonds. The summed E-state index contributed by atoms with van der Waals surface area (Å²) in [7, 11) is -4.67. The Morgan fingerprint density at radius 1 is 0.586 bits per heavy atom. The lowest BCUT2D eigenvalue weighted by Crippen LogP contribution is -1.89. The molecule has 1 aromatic carbocycles. The third-order valence-electron chi connectivity index (χ3n) is 5.16. The van der Waals surface area contributed by atoms with Crippen LogP contribution in [0.1, 0.15) is 115 Å². The van der Waals surface area contributed by atoms with Crippen molar-refractivity contribution in [3.05, 3.63) is 35.9 Å². The molecule has 0 spiro atoms. The summed E-state index contributed by atoms with van der Waals surface area (Å²) in [6.45, 7) is 2.30. The van der Waals surface area contributed by atoms with Crippen LogP contribution in [-0.4, -0.2) is 17.5 Å². The number of aryl methyl sites for hydroxylation is 1. The molecule has 0 unspecified atom stereocenters. The van der Waals surface area contributed by atoms with Crippen molar-refractivity contribution in [1.82, 2.24) is 0 Å². The largest absolute Gasteiger partial charge is 0.394 e. The molecule has 0 aromatic heterocycles. The second kappa shape index (κ2) is 20.4. The van der Waals surface area contributed by atoms with Crippen molar-refractivity contribution in [2.24, 2.45) is 0 Å². The Morgan fingerprint density at radius 3 is 1.24 bits per heavy atom. The van der Waals surface area contributed by atoms with Gasteiger partial charge in [0.05, 0.1) is 0 Å². The van der Waals surface area contributed by atoms with Crippen LogP contribution in [0.5, 0.6) is 0 Å². The van der Waals surface area contributed by atoms with Crippen LogP contribution in [0.4, 0.5) is 0 Å². The van der Waals surface area contributed by atoms with E-state index in [-0.39, 0.29) is 0 Å². The Morgan fingerprint density at radius 2 is 0.897 bits per heavy atom. The Bertz CT molecular complexity index is 535. The predicted octanol–water partition coefficient (Wildman–Crippen LogP) is 7.84. The van der Waals surface area contributed by atoms with Gasteiger partial charge in [0.25, 0.3) is 0 Å². The summed E-state index contributed by atoms with van der Waals surface area (Å²) in [5.41, 5.74) is 1.50. The SMILES string of the molecule is CCCCCCCCCCCCCCCCCCc1ccccc1.O=S(=O)(O)O. The zero-order valence-corrected chi connectivity index (χ0v) is 19.3. The lowest BCUT2D eigenvalue weighted by atomic mass is 10.0. The molecule has 0 radical (unpaired) electrons. The van der Waals surface area contributed by atoms with E-state index in [2.05, 4.69) is 37.3 Å². The van der Waals surface area contributed by atoms with Gasteiger partial charge in [-0.1, -0.05) is 134 Å². The van der Waals surface area contributed by atoms with Crippen LogP contribution in [0, 0.1) is 0 Å². The average molecular weight is 429 g/mol. The van der Waals surface area contributed by atoms with Gasteiger partial charge >= 0.3 is 10.4 Å². The number of hydrogen-bond donors (Lipinski definition) is 2. The quantitative estimate of drug-likeness (QED) is 0.196. The van der Waals surface area contributed by atoms with Crippen LogP contribution in [0.15, 0.2) is 30.3 Å². The molecule has 5 heteroatoms. The van der Waals surface area contributed by atoms with Gasteiger partial charge in [0.15, 0.2) is 0 Å². The maximum absolute atomic E-state index is 8.74. The first-order valence-corrected chi connectivity index (χ1v) is 13.1. The van der Waals surface area contributed by atoms with E-state index in [1.165, 1.54) is 115 Å². The Kier molecular flexibility index (Phi) is 19.7. The second-order valence-electron chi connectivity index (χ2n) is 7.99. The van der Waals surface area contributed by atoms with E-state index in [1.807, 2.05) is 0 Å². The van der Waals surface area contributed by atoms with Gasteiger partial charge in [0.2, 0.25) is 0 Å². The molecular weight excluding hydrogens is 384 g/mol. The van der Waals surface area contributed by atoms with Crippen molar-refractivity contribution in [2.45, 2.75) is 116 Å². The van der Waals surface area contributed by atoms with E-state index < -0.39 is 10.4 Å². The summed E-state index contributed by atoms with van der Waals surface area (Å²) < 4.78 is 31.6. The molecule has 1 aromatic rings. The Labute approximate surface area is 180 Å². The fourth-order valence-electron chi connectivity index (χ4n) is 3.52. The second-order valence-corrected chi connectivity index (χ2v) is 8.88. The molecule has 0 fully saturated rings. The summed E-state index contributed by atoms with van der Waals surface area (Å²) in [4.78, 5) is 0. The van der Waals surface area contributed by atoms with Gasteiger partial charge < -0.3 is 0 Å². The lowest BCUT2D eigenvalue weighted by Gasteiger charge is -2.04. The molecule has 0 saturated heterocycles. The minimum atomic E-state index is -4.67. The maximum Gasteiger partial charge on any atom is 0.394 e. The van der Waals surface area contributed by atoms with E-state index in [4.69, 9.17) is 17.5 Å². The zero-order valence-electron chi connectivity index (χ0n) is 18.5. The molecule has 0 aliphatic heterocycles. The van der Waals surface area contributed by atoms with Crippen molar-refractivity contribution in [3.8, 4) is 0 Å². The molecule has 1 rings (SSSR count). The van der Waals surface area contributed by atoms with Crippen LogP contribution in [0.3, 0.4) is 0 Å². The van der Waals surface area contributed by atoms with E-state index in [1.54, 1.807) is 0 Å². The van der Waals surface area contributed by atoms with Crippen LogP contribution in [-0.2, 0) is 16.8 Å². The molecule has 0 aliphatic carbocycles. The summed E-state index contributed by atoms with van der Waals surface area (Å²) in [6, 6.07) is 10.9. The first-order chi connectivity index (χ1) is 13.9. The summed E-state index contributed by atoms with van der Waals surface area (Å²) in [5, 5.41) is 0. The topological polar surface area (TPSA) is 74.6 Å². The number of benzene rings is 1. The van der Waals surface area contributed by atoms with Crippen molar-refractivity contribution < 1.29 is 17.5 Å². The van der Waals surface area contributed by atoms with Crippen molar-refractivity contribution in [2.75, 3.05) is 0 Å². The van der Waals surface area contributed by atoms with Crippen molar-refractivity contribution in [1.29, 1.82) is 0 Å². The molecule has 0 heterocycles. The van der Waals surface area contributed by atoms with E-state index in [9.17, 15) is 0 Å². The first kappa shape index (κ1) is 28.1. The smallest absolute Gasteiger partial charge is 0.264 e. The van der Waals surface area contributed by atoms with Crippen molar-refractivity contribution >= 4 is 10.4 Å². The van der Waals surface area contributed by atoms with Gasteiger partial charge in [0, 0.05) is 0 Å². The lowest BCUT2D eigenvalue weighted by molar-refractivity contribution is 0.381. The van der Waals surface area contributed by atoms with E-state index in [0.29, 0.717) is 0 Å². The van der Waals surface area contributed by atoms with Gasteiger partial charge in [-0.25, -0.2) is 0 Å². The van der Waals surface area contributed by atoms with Gasteiger partial charge in [0.1, 0.15) is 0 Å². The van der Waals surface area contributed by atoms with Gasteiger partial charge in [-0.15, -0.1) is 0 Å². The monoisotopic (exact) mass is 428 g/mol. The minimum absolute atomic E-state index is 1.26. The van der Waals surface area contributed by atoms with E-state index >= 15 is 0 Å². The van der Waals surface area contributed by atoms with Crippen LogP contribution >= 0.6 is 0 Å². The zero-order chi connectivity index (χ0) is 21.6. The molecule has 2 N–H and O–H groups in total. The molecule has 0 aliphatic rings. The number of rotatable bonds is 17. The Hall–Kier alpha value is -0.910. The predicted molar refractivity (Wildman–Crippen MR) is 124 cm³/mol. The summed E-state index contributed by atoms with van der Waals surface area (Å²) in [6.07, 6.45) is 24.4. The highest BCUT2D eigenvalue weighted by Crippen LogP contribution is 2.14. The molecule has 0 bridgehead atoms. The van der Waals surface area contributed by atoms with Crippen LogP contribution in [0.25, 0.3) is 0 Å². The van der Waals surface area contributed by atoms with E-state index in [0.717, 1.165) is 0 Å². The molecule has 170 valence electrons. The van der Waals surface area contributed by atoms with Gasteiger partial charge in [-0.05, 0) is 18.4 Å². The minimum Gasteiger partial charge on any atom is -0.264 e. The van der Waals surface area contributed by atoms with Gasteiger partial charge in [-0.2, -0.15) is 8.42 Å². The fraction of sp³-hybridized carbons (Fsp3) is 0.750. The third-order valence-corrected chi connectivity index (χ3v) is 5.16. The van der Waals surface area contributed by atoms with Crippen LogP contribution in [0.2, 0.25) is 0 Å². The molecule has 0 saturated carbocycles. The normalized spacial score (nSPS) is 11.1. The highest BCUT2D eigenvalue weighted by molar-refractivity contribution is 7.79. The highest BCUT2D eigenvalue weighted by Gasteiger charge is 1.95. The summed E-state index contributed by atoms with van der Waals surface area (Å²) in [5.74, 6) is 0. The van der Waals surface area contributed by atoms with Crippen LogP contribution < -0.4 is 0 Å². The number of unbranched alkanes of at least 4 members (excludes halogenated alkanes) is 15. The standard InChI is InChI=1S/C24H42.H2O4S/c1-2-3-4-5-6-7-8-9-10-11-12-13-14-15-16-18-21-24-22-19-17-20-23-24;1-5(2,3)4/h17,19-20,22-23H,2-16,18,21H2,1H3;(H2,1,2,3,4). The molecule has 0 atom stereocenters. The maximum atomic E-state index is 8.74. The molecular formula is C24H44O4S. The third kappa shape index (κ3) is 27.1. The van der Waals surface area contributed by atoms with Crippen molar-refractivity contribution in [3.63, 3.8) is 0 Å².